The normalized spacial score (nSPS) is 10.4. The van der Waals surface area contributed by atoms with Crippen molar-refractivity contribution in [2.24, 2.45) is 0 Å². The molecule has 0 radical (unpaired) electrons. The van der Waals surface area contributed by atoms with Crippen molar-refractivity contribution < 1.29 is 23.0 Å². The molecule has 0 heterocycles. The maximum Gasteiger partial charge on any atom is 0.387 e. The second-order valence-corrected chi connectivity index (χ2v) is 3.43. The zero-order chi connectivity index (χ0) is 12.8. The van der Waals surface area contributed by atoms with Crippen LogP contribution in [0.2, 0.25) is 0 Å². The Morgan fingerprint density at radius 2 is 2.12 bits per heavy atom. The molecule has 94 valence electrons. The SMILES string of the molecule is CCOc1c(CC(C)=O)cccc1OC(F)F. The van der Waals surface area contributed by atoms with Gasteiger partial charge in [-0.15, -0.1) is 0 Å². The van der Waals surface area contributed by atoms with E-state index in [0.29, 0.717) is 12.2 Å². The van der Waals surface area contributed by atoms with Gasteiger partial charge in [-0.1, -0.05) is 12.1 Å². The number of benzene rings is 1. The Balaban J connectivity index is 3.06. The predicted octanol–water partition coefficient (Wildman–Crippen LogP) is 2.82. The van der Waals surface area contributed by atoms with E-state index in [9.17, 15) is 13.6 Å². The molecular weight excluding hydrogens is 230 g/mol. The summed E-state index contributed by atoms with van der Waals surface area (Å²) in [5, 5.41) is 0. The van der Waals surface area contributed by atoms with E-state index in [1.807, 2.05) is 0 Å². The van der Waals surface area contributed by atoms with Crippen LogP contribution in [0, 0.1) is 0 Å². The molecule has 1 rings (SSSR count). The van der Waals surface area contributed by atoms with Gasteiger partial charge in [0.1, 0.15) is 5.78 Å². The Hall–Kier alpha value is -1.65. The third-order valence-corrected chi connectivity index (χ3v) is 2.00. The van der Waals surface area contributed by atoms with Crippen LogP contribution in [-0.2, 0) is 11.2 Å². The number of hydrogen-bond donors (Lipinski definition) is 0. The summed E-state index contributed by atoms with van der Waals surface area (Å²) >= 11 is 0. The van der Waals surface area contributed by atoms with Gasteiger partial charge < -0.3 is 9.47 Å². The maximum absolute atomic E-state index is 12.2. The van der Waals surface area contributed by atoms with Gasteiger partial charge in [-0.25, -0.2) is 0 Å². The lowest BCUT2D eigenvalue weighted by Gasteiger charge is -2.14. The lowest BCUT2D eigenvalue weighted by atomic mass is 10.1. The molecule has 0 fully saturated rings. The molecule has 1 aromatic carbocycles. The van der Waals surface area contributed by atoms with Crippen LogP contribution in [-0.4, -0.2) is 19.0 Å². The van der Waals surface area contributed by atoms with Crippen LogP contribution < -0.4 is 9.47 Å². The summed E-state index contributed by atoms with van der Waals surface area (Å²) in [6, 6.07) is 4.60. The fourth-order valence-electron chi connectivity index (χ4n) is 1.47. The summed E-state index contributed by atoms with van der Waals surface area (Å²) < 4.78 is 34.0. The van der Waals surface area contributed by atoms with Crippen LogP contribution in [0.5, 0.6) is 11.5 Å². The molecule has 0 atom stereocenters. The van der Waals surface area contributed by atoms with Gasteiger partial charge >= 0.3 is 6.61 Å². The number of Topliss-reactive ketones (excluding diaryl/α,β-unsaturated/α-hetero) is 1. The second-order valence-electron chi connectivity index (χ2n) is 3.43. The Morgan fingerprint density at radius 1 is 1.41 bits per heavy atom. The van der Waals surface area contributed by atoms with E-state index in [1.165, 1.54) is 13.0 Å². The maximum atomic E-state index is 12.2. The zero-order valence-corrected chi connectivity index (χ0v) is 9.70. The van der Waals surface area contributed by atoms with E-state index in [1.54, 1.807) is 19.1 Å². The van der Waals surface area contributed by atoms with Crippen LogP contribution in [0.1, 0.15) is 19.4 Å². The molecule has 0 aromatic heterocycles. The first kappa shape index (κ1) is 13.4. The van der Waals surface area contributed by atoms with Crippen molar-refractivity contribution >= 4 is 5.78 Å². The third kappa shape index (κ3) is 4.01. The number of alkyl halides is 2. The largest absolute Gasteiger partial charge is 0.490 e. The van der Waals surface area contributed by atoms with Crippen LogP contribution in [0.4, 0.5) is 8.78 Å². The molecule has 0 amide bonds. The van der Waals surface area contributed by atoms with Crippen LogP contribution >= 0.6 is 0 Å². The first-order valence-electron chi connectivity index (χ1n) is 5.23. The molecule has 0 spiro atoms. The summed E-state index contributed by atoms with van der Waals surface area (Å²) in [5.74, 6) is 0.103. The Morgan fingerprint density at radius 3 is 2.65 bits per heavy atom. The first-order chi connectivity index (χ1) is 8.04. The van der Waals surface area contributed by atoms with Gasteiger partial charge in [-0.05, 0) is 19.9 Å². The Labute approximate surface area is 98.3 Å². The van der Waals surface area contributed by atoms with Crippen molar-refractivity contribution in [3.8, 4) is 11.5 Å². The highest BCUT2D eigenvalue weighted by molar-refractivity contribution is 5.79. The zero-order valence-electron chi connectivity index (χ0n) is 9.70. The summed E-state index contributed by atoms with van der Waals surface area (Å²) in [4.78, 5) is 11.1. The lowest BCUT2D eigenvalue weighted by Crippen LogP contribution is -2.07. The average Bonchev–Trinajstić information content (AvgIpc) is 2.21. The molecule has 0 aliphatic heterocycles. The van der Waals surface area contributed by atoms with Crippen LogP contribution in [0.3, 0.4) is 0 Å². The number of para-hydroxylation sites is 1. The fourth-order valence-corrected chi connectivity index (χ4v) is 1.47. The van der Waals surface area contributed by atoms with Crippen molar-refractivity contribution in [3.63, 3.8) is 0 Å². The van der Waals surface area contributed by atoms with Gasteiger partial charge in [-0.2, -0.15) is 8.78 Å². The molecule has 0 saturated heterocycles. The van der Waals surface area contributed by atoms with Gasteiger partial charge in [0.2, 0.25) is 0 Å². The molecule has 3 nitrogen and oxygen atoms in total. The van der Waals surface area contributed by atoms with E-state index in [4.69, 9.17) is 4.74 Å². The highest BCUT2D eigenvalue weighted by Gasteiger charge is 2.15. The van der Waals surface area contributed by atoms with Crippen molar-refractivity contribution in [2.75, 3.05) is 6.61 Å². The van der Waals surface area contributed by atoms with Crippen molar-refractivity contribution in [1.29, 1.82) is 0 Å². The molecule has 0 saturated carbocycles. The topological polar surface area (TPSA) is 35.5 Å². The average molecular weight is 244 g/mol. The minimum atomic E-state index is -2.92. The molecule has 5 heteroatoms. The van der Waals surface area contributed by atoms with Gasteiger partial charge in [0.25, 0.3) is 0 Å². The van der Waals surface area contributed by atoms with E-state index in [-0.39, 0.29) is 23.7 Å². The first-order valence-corrected chi connectivity index (χ1v) is 5.23. The highest BCUT2D eigenvalue weighted by Crippen LogP contribution is 2.32. The number of ether oxygens (including phenoxy) is 2. The van der Waals surface area contributed by atoms with Gasteiger partial charge in [-0.3, -0.25) is 4.79 Å². The molecule has 0 bridgehead atoms. The monoisotopic (exact) mass is 244 g/mol. The van der Waals surface area contributed by atoms with Crippen molar-refractivity contribution in [2.45, 2.75) is 26.9 Å². The van der Waals surface area contributed by atoms with Gasteiger partial charge in [0, 0.05) is 12.0 Å². The fraction of sp³-hybridized carbons (Fsp3) is 0.417. The van der Waals surface area contributed by atoms with Crippen LogP contribution in [0.15, 0.2) is 18.2 Å². The molecule has 1 aromatic rings. The summed E-state index contributed by atoms with van der Waals surface area (Å²) in [7, 11) is 0. The number of halogens is 2. The molecule has 0 unspecified atom stereocenters. The number of carbonyl (C=O) groups is 1. The second kappa shape index (κ2) is 6.18. The van der Waals surface area contributed by atoms with E-state index < -0.39 is 6.61 Å². The number of rotatable bonds is 6. The van der Waals surface area contributed by atoms with E-state index in [2.05, 4.69) is 4.74 Å². The summed E-state index contributed by atoms with van der Waals surface area (Å²) in [5.41, 5.74) is 0.553. The number of carbonyl (C=O) groups excluding carboxylic acids is 1. The minimum Gasteiger partial charge on any atom is -0.490 e. The highest BCUT2D eigenvalue weighted by atomic mass is 19.3. The van der Waals surface area contributed by atoms with Gasteiger partial charge in [0.15, 0.2) is 11.5 Å². The molecular formula is C12H14F2O3. The van der Waals surface area contributed by atoms with Gasteiger partial charge in [0.05, 0.1) is 6.61 Å². The summed E-state index contributed by atoms with van der Waals surface area (Å²) in [6.45, 7) is 0.559. The van der Waals surface area contributed by atoms with E-state index in [0.717, 1.165) is 0 Å². The third-order valence-electron chi connectivity index (χ3n) is 2.00. The predicted molar refractivity (Wildman–Crippen MR) is 58.6 cm³/mol. The van der Waals surface area contributed by atoms with Crippen LogP contribution in [0.25, 0.3) is 0 Å². The smallest absolute Gasteiger partial charge is 0.387 e. The number of ketones is 1. The number of hydrogen-bond acceptors (Lipinski definition) is 3. The molecule has 0 aliphatic carbocycles. The Bertz CT molecular complexity index is 391. The standard InChI is InChI=1S/C12H14F2O3/c1-3-16-11-9(7-8(2)15)5-4-6-10(11)17-12(13)14/h4-6,12H,3,7H2,1-2H3. The molecule has 0 N–H and O–H groups in total. The molecule has 17 heavy (non-hydrogen) atoms. The Kier molecular flexibility index (Phi) is 4.87. The quantitative estimate of drug-likeness (QED) is 0.771. The lowest BCUT2D eigenvalue weighted by molar-refractivity contribution is -0.116. The van der Waals surface area contributed by atoms with Crippen molar-refractivity contribution in [1.82, 2.24) is 0 Å². The summed E-state index contributed by atoms with van der Waals surface area (Å²) in [6.07, 6.45) is 0.135. The van der Waals surface area contributed by atoms with Crippen molar-refractivity contribution in [3.05, 3.63) is 23.8 Å². The van der Waals surface area contributed by atoms with E-state index >= 15 is 0 Å². The molecule has 0 aliphatic rings. The minimum absolute atomic E-state index is 0.0411.